The molecule has 80 valence electrons. The van der Waals surface area contributed by atoms with Crippen LogP contribution in [0.4, 0.5) is 26.3 Å². The Bertz CT molecular complexity index is 201. The number of alkyl halides is 6. The summed E-state index contributed by atoms with van der Waals surface area (Å²) in [6.45, 7) is 0. The minimum atomic E-state index is -5.73. The zero-order valence-electron chi connectivity index (χ0n) is 5.82. The van der Waals surface area contributed by atoms with E-state index in [1.807, 2.05) is 0 Å². The van der Waals surface area contributed by atoms with Crippen LogP contribution in [0.2, 0.25) is 0 Å². The van der Waals surface area contributed by atoms with Crippen LogP contribution in [0, 0.1) is 0 Å². The second-order valence-electron chi connectivity index (χ2n) is 2.13. The highest BCUT2D eigenvalue weighted by atomic mass is 32.2. The molecule has 0 aliphatic carbocycles. The lowest BCUT2D eigenvalue weighted by Gasteiger charge is -2.20. The second kappa shape index (κ2) is 3.82. The summed E-state index contributed by atoms with van der Waals surface area (Å²) in [6.07, 6.45) is -10.2. The van der Waals surface area contributed by atoms with E-state index in [0.717, 1.165) is 0 Å². The van der Waals surface area contributed by atoms with Crippen LogP contribution in [0.3, 0.4) is 0 Å². The molecule has 0 radical (unpaired) electrons. The van der Waals surface area contributed by atoms with Crippen molar-refractivity contribution in [2.75, 3.05) is 5.75 Å². The lowest BCUT2D eigenvalue weighted by Crippen LogP contribution is -2.45. The zero-order chi connectivity index (χ0) is 10.9. The molecule has 0 aliphatic heterocycles. The molecule has 0 aromatic rings. The molecule has 13 heavy (non-hydrogen) atoms. The minimum Gasteiger partial charge on any atom is -0.306 e. The predicted octanol–water partition coefficient (Wildman–Crippen LogP) is 1.74. The number of hydrogen-bond donors (Lipinski definition) is 1. The smallest absolute Gasteiger partial charge is 0.306 e. The molecule has 9 heteroatoms. The molecule has 0 rings (SSSR count). The second-order valence-corrected chi connectivity index (χ2v) is 3.06. The summed E-state index contributed by atoms with van der Waals surface area (Å²) in [6, 6.07) is 0. The fourth-order valence-corrected chi connectivity index (χ4v) is 0.953. The normalized spacial score (nSPS) is 18.4. The molecule has 1 N–H and O–H groups in total. The molecule has 2 atom stereocenters. The van der Waals surface area contributed by atoms with Gasteiger partial charge in [-0.2, -0.15) is 13.2 Å². The van der Waals surface area contributed by atoms with E-state index < -0.39 is 35.1 Å². The third-order valence-electron chi connectivity index (χ3n) is 0.974. The summed E-state index contributed by atoms with van der Waals surface area (Å²) in [4.78, 5) is 0. The predicted molar refractivity (Wildman–Crippen MR) is 31.5 cm³/mol. The summed E-state index contributed by atoms with van der Waals surface area (Å²) < 4.78 is 87.8. The maximum absolute atomic E-state index is 12.1. The van der Waals surface area contributed by atoms with E-state index in [9.17, 15) is 30.6 Å². The van der Waals surface area contributed by atoms with Crippen molar-refractivity contribution >= 4 is 11.1 Å². The van der Waals surface area contributed by atoms with E-state index >= 15 is 0 Å². The van der Waals surface area contributed by atoms with Gasteiger partial charge in [0.25, 0.3) is 6.17 Å². The van der Waals surface area contributed by atoms with E-state index in [-0.39, 0.29) is 0 Å². The minimum absolute atomic E-state index is 2.08. The van der Waals surface area contributed by atoms with E-state index in [0.29, 0.717) is 0 Å². The van der Waals surface area contributed by atoms with Crippen LogP contribution >= 0.6 is 0 Å². The molecule has 0 spiro atoms. The first-order valence-electron chi connectivity index (χ1n) is 2.73. The maximum Gasteiger partial charge on any atom is 0.425 e. The number of halogens is 6. The van der Waals surface area contributed by atoms with Gasteiger partial charge in [0.05, 0.1) is 0 Å². The Balaban J connectivity index is 4.54. The maximum atomic E-state index is 12.1. The first kappa shape index (κ1) is 12.7. The van der Waals surface area contributed by atoms with Gasteiger partial charge in [-0.15, -0.1) is 0 Å². The molecule has 0 amide bonds. The Morgan fingerprint density at radius 2 is 1.62 bits per heavy atom. The van der Waals surface area contributed by atoms with Gasteiger partial charge >= 0.3 is 12.1 Å². The fraction of sp³-hybridized carbons (Fsp3) is 1.00. The highest BCUT2D eigenvalue weighted by Gasteiger charge is 2.57. The summed E-state index contributed by atoms with van der Waals surface area (Å²) in [5.41, 5.74) is 0. The Morgan fingerprint density at radius 1 is 1.23 bits per heavy atom. The van der Waals surface area contributed by atoms with Crippen molar-refractivity contribution in [1.29, 1.82) is 0 Å². The molecule has 2 nitrogen and oxygen atoms in total. The third kappa shape index (κ3) is 3.94. The Labute approximate surface area is 71.2 Å². The molecular formula is C4H4F6O2S. The summed E-state index contributed by atoms with van der Waals surface area (Å²) in [7, 11) is 0. The van der Waals surface area contributed by atoms with Gasteiger partial charge < -0.3 is 4.55 Å². The summed E-state index contributed by atoms with van der Waals surface area (Å²) in [5.74, 6) is -6.95. The van der Waals surface area contributed by atoms with E-state index in [1.165, 1.54) is 0 Å². The Morgan fingerprint density at radius 3 is 1.85 bits per heavy atom. The molecular weight excluding hydrogens is 226 g/mol. The van der Waals surface area contributed by atoms with Crippen LogP contribution in [-0.4, -0.2) is 32.8 Å². The van der Waals surface area contributed by atoms with Gasteiger partial charge in [0.2, 0.25) is 0 Å². The Hall–Kier alpha value is -0.310. The van der Waals surface area contributed by atoms with Crippen LogP contribution < -0.4 is 0 Å². The van der Waals surface area contributed by atoms with Crippen LogP contribution in [-0.2, 0) is 11.1 Å². The summed E-state index contributed by atoms with van der Waals surface area (Å²) in [5, 5.41) is 0. The van der Waals surface area contributed by atoms with Crippen LogP contribution in [0.25, 0.3) is 0 Å². The van der Waals surface area contributed by atoms with Gasteiger partial charge in [-0.25, -0.2) is 17.4 Å². The molecule has 2 unspecified atom stereocenters. The lowest BCUT2D eigenvalue weighted by molar-refractivity contribution is -0.237. The van der Waals surface area contributed by atoms with Crippen molar-refractivity contribution in [3.63, 3.8) is 0 Å². The molecule has 0 fully saturated rings. The van der Waals surface area contributed by atoms with Gasteiger partial charge in [-0.1, -0.05) is 0 Å². The molecule has 0 saturated carbocycles. The van der Waals surface area contributed by atoms with E-state index in [1.54, 1.807) is 0 Å². The van der Waals surface area contributed by atoms with Crippen molar-refractivity contribution in [3.05, 3.63) is 0 Å². The number of rotatable bonds is 3. The molecule has 0 bridgehead atoms. The highest BCUT2D eigenvalue weighted by Crippen LogP contribution is 2.35. The van der Waals surface area contributed by atoms with Crippen LogP contribution in [0.5, 0.6) is 0 Å². The molecule has 0 aromatic carbocycles. The Kier molecular flexibility index (Phi) is 3.73. The van der Waals surface area contributed by atoms with Gasteiger partial charge in [-0.3, -0.25) is 0 Å². The average Bonchev–Trinajstić information content (AvgIpc) is 1.80. The van der Waals surface area contributed by atoms with Crippen molar-refractivity contribution < 1.29 is 35.1 Å². The van der Waals surface area contributed by atoms with Gasteiger partial charge in [0.1, 0.15) is 5.75 Å². The SMILES string of the molecule is O=S(O)CC(F)(F)C(F)C(F)(F)F. The molecule has 0 aliphatic rings. The van der Waals surface area contributed by atoms with Gasteiger partial charge in [0.15, 0.2) is 11.1 Å². The number of hydrogen-bond acceptors (Lipinski definition) is 1. The standard InChI is InChI=1S/C4H4F6O2S/c5-2(4(8,9)10)3(6,7)1-13(11)12/h2H,1H2,(H,11,12). The van der Waals surface area contributed by atoms with Gasteiger partial charge in [0, 0.05) is 0 Å². The first-order chi connectivity index (χ1) is 5.57. The van der Waals surface area contributed by atoms with Crippen molar-refractivity contribution in [3.8, 4) is 0 Å². The van der Waals surface area contributed by atoms with Crippen molar-refractivity contribution in [1.82, 2.24) is 0 Å². The van der Waals surface area contributed by atoms with Crippen LogP contribution in [0.15, 0.2) is 0 Å². The van der Waals surface area contributed by atoms with Crippen molar-refractivity contribution in [2.24, 2.45) is 0 Å². The summed E-state index contributed by atoms with van der Waals surface area (Å²) >= 11 is -3.18. The molecule has 0 heterocycles. The highest BCUT2D eigenvalue weighted by molar-refractivity contribution is 7.79. The largest absolute Gasteiger partial charge is 0.425 e. The van der Waals surface area contributed by atoms with E-state index in [4.69, 9.17) is 4.55 Å². The average molecular weight is 230 g/mol. The van der Waals surface area contributed by atoms with Gasteiger partial charge in [-0.05, 0) is 0 Å². The topological polar surface area (TPSA) is 37.3 Å². The fourth-order valence-electron chi connectivity index (χ4n) is 0.477. The zero-order valence-corrected chi connectivity index (χ0v) is 6.63. The first-order valence-corrected chi connectivity index (χ1v) is 4.01. The molecule has 0 saturated heterocycles. The quantitative estimate of drug-likeness (QED) is 0.592. The van der Waals surface area contributed by atoms with Crippen LogP contribution in [0.1, 0.15) is 0 Å². The van der Waals surface area contributed by atoms with E-state index in [2.05, 4.69) is 0 Å². The molecule has 0 aromatic heterocycles. The monoisotopic (exact) mass is 230 g/mol. The third-order valence-corrected chi connectivity index (χ3v) is 1.61. The van der Waals surface area contributed by atoms with Crippen molar-refractivity contribution in [2.45, 2.75) is 18.3 Å². The lowest BCUT2D eigenvalue weighted by atomic mass is 10.2.